The van der Waals surface area contributed by atoms with Crippen LogP contribution < -0.4 is 0 Å². The van der Waals surface area contributed by atoms with Gasteiger partial charge in [0.1, 0.15) is 0 Å². The molecule has 0 aromatic heterocycles. The van der Waals surface area contributed by atoms with Gasteiger partial charge in [-0.05, 0) is 38.9 Å². The van der Waals surface area contributed by atoms with Gasteiger partial charge in [0.15, 0.2) is 8.32 Å². The fourth-order valence-electron chi connectivity index (χ4n) is 2.34. The van der Waals surface area contributed by atoms with Crippen LogP contribution in [0, 0.1) is 0 Å². The Kier molecular flexibility index (Phi) is 8.84. The fourth-order valence-corrected chi connectivity index (χ4v) is 3.68. The molecule has 6 nitrogen and oxygen atoms in total. The van der Waals surface area contributed by atoms with E-state index in [1.54, 1.807) is 6.08 Å². The van der Waals surface area contributed by atoms with Gasteiger partial charge in [0.05, 0.1) is 32.0 Å². The molecule has 0 saturated heterocycles. The summed E-state index contributed by atoms with van der Waals surface area (Å²) in [5.74, 6) is 0. The average Bonchev–Trinajstić information content (AvgIpc) is 2.40. The van der Waals surface area contributed by atoms with Crippen molar-refractivity contribution in [2.24, 2.45) is 0 Å². The Morgan fingerprint density at radius 2 is 1.76 bits per heavy atom. The van der Waals surface area contributed by atoms with E-state index in [0.717, 1.165) is 0 Å². The molecule has 0 fully saturated rings. The number of amides is 1. The standard InChI is InChI=1S/C18H37NO5Si/c1-10-11-23-13-14(19(16(21)22)17(2,3)4)15(12-20)24-25(8,9)18(5,6)7/h10,14-15,20H,1,11-13H2,2-9H3,(H,21,22)/t14-,15+/m0/s1. The zero-order valence-corrected chi connectivity index (χ0v) is 18.1. The number of carboxylic acid groups (broad SMARTS) is 1. The van der Waals surface area contributed by atoms with Gasteiger partial charge < -0.3 is 19.4 Å². The van der Waals surface area contributed by atoms with E-state index in [2.05, 4.69) is 40.4 Å². The lowest BCUT2D eigenvalue weighted by Crippen LogP contribution is -2.60. The third-order valence-electron chi connectivity index (χ3n) is 4.65. The van der Waals surface area contributed by atoms with Crippen molar-refractivity contribution >= 4 is 14.4 Å². The molecule has 0 aliphatic carbocycles. The highest BCUT2D eigenvalue weighted by atomic mass is 28.4. The molecule has 2 N–H and O–H groups in total. The second-order valence-electron chi connectivity index (χ2n) is 8.82. The van der Waals surface area contributed by atoms with Gasteiger partial charge in [-0.3, -0.25) is 4.90 Å². The van der Waals surface area contributed by atoms with Crippen molar-refractivity contribution in [1.29, 1.82) is 0 Å². The van der Waals surface area contributed by atoms with Crippen LogP contribution in [-0.2, 0) is 9.16 Å². The normalized spacial score (nSPS) is 15.6. The van der Waals surface area contributed by atoms with Crippen molar-refractivity contribution in [2.45, 2.75) is 77.4 Å². The molecule has 0 unspecified atom stereocenters. The van der Waals surface area contributed by atoms with E-state index in [4.69, 9.17) is 9.16 Å². The Balaban J connectivity index is 5.74. The van der Waals surface area contributed by atoms with Crippen molar-refractivity contribution in [3.05, 3.63) is 12.7 Å². The zero-order valence-electron chi connectivity index (χ0n) is 17.1. The minimum atomic E-state index is -2.19. The number of nitrogens with zero attached hydrogens (tertiary/aromatic N) is 1. The van der Waals surface area contributed by atoms with Crippen molar-refractivity contribution in [3.63, 3.8) is 0 Å². The Hall–Kier alpha value is -0.893. The average molecular weight is 376 g/mol. The van der Waals surface area contributed by atoms with E-state index in [-0.39, 0.29) is 18.3 Å². The van der Waals surface area contributed by atoms with E-state index < -0.39 is 32.1 Å². The number of aliphatic hydroxyl groups excluding tert-OH is 1. The second kappa shape index (κ2) is 9.16. The number of carbonyl (C=O) groups is 1. The van der Waals surface area contributed by atoms with Gasteiger partial charge in [0.2, 0.25) is 0 Å². The number of hydrogen-bond acceptors (Lipinski definition) is 4. The van der Waals surface area contributed by atoms with Crippen molar-refractivity contribution in [3.8, 4) is 0 Å². The highest BCUT2D eigenvalue weighted by Gasteiger charge is 2.44. The first-order valence-corrected chi connectivity index (χ1v) is 11.6. The smallest absolute Gasteiger partial charge is 0.408 e. The molecule has 1 amide bonds. The van der Waals surface area contributed by atoms with E-state index in [1.807, 2.05) is 20.8 Å². The summed E-state index contributed by atoms with van der Waals surface area (Å²) >= 11 is 0. The number of ether oxygens (including phenoxy) is 1. The molecule has 2 atom stereocenters. The van der Waals surface area contributed by atoms with Crippen LogP contribution in [0.1, 0.15) is 41.5 Å². The first-order chi connectivity index (χ1) is 11.2. The number of rotatable bonds is 9. The van der Waals surface area contributed by atoms with Crippen LogP contribution in [-0.4, -0.2) is 67.0 Å². The summed E-state index contributed by atoms with van der Waals surface area (Å²) < 4.78 is 11.9. The maximum atomic E-state index is 11.9. The summed E-state index contributed by atoms with van der Waals surface area (Å²) in [4.78, 5) is 13.3. The predicted octanol–water partition coefficient (Wildman–Crippen LogP) is 3.72. The summed E-state index contributed by atoms with van der Waals surface area (Å²) in [5.41, 5.74) is -0.655. The second-order valence-corrected chi connectivity index (χ2v) is 13.6. The topological polar surface area (TPSA) is 79.2 Å². The van der Waals surface area contributed by atoms with Gasteiger partial charge in [-0.15, -0.1) is 6.58 Å². The lowest BCUT2D eigenvalue weighted by Gasteiger charge is -2.46. The van der Waals surface area contributed by atoms with Crippen LogP contribution in [0.2, 0.25) is 18.1 Å². The van der Waals surface area contributed by atoms with Crippen LogP contribution in [0.25, 0.3) is 0 Å². The minimum Gasteiger partial charge on any atom is -0.465 e. The van der Waals surface area contributed by atoms with Gasteiger partial charge in [-0.25, -0.2) is 4.79 Å². The van der Waals surface area contributed by atoms with E-state index >= 15 is 0 Å². The molecule has 0 spiro atoms. The van der Waals surface area contributed by atoms with Gasteiger partial charge >= 0.3 is 6.09 Å². The van der Waals surface area contributed by atoms with Crippen LogP contribution in [0.3, 0.4) is 0 Å². The Labute approximate surface area is 153 Å². The quantitative estimate of drug-likeness (QED) is 0.365. The SMILES string of the molecule is C=CCOC[C@@H]([C@@H](CO)O[Si](C)(C)C(C)(C)C)N(C(=O)O)C(C)(C)C. The highest BCUT2D eigenvalue weighted by molar-refractivity contribution is 6.74. The van der Waals surface area contributed by atoms with Crippen molar-refractivity contribution in [1.82, 2.24) is 4.90 Å². The Morgan fingerprint density at radius 3 is 2.08 bits per heavy atom. The van der Waals surface area contributed by atoms with E-state index in [1.165, 1.54) is 4.90 Å². The van der Waals surface area contributed by atoms with Gasteiger partial charge in [-0.1, -0.05) is 26.8 Å². The fraction of sp³-hybridized carbons (Fsp3) is 0.833. The van der Waals surface area contributed by atoms with Crippen LogP contribution in [0.5, 0.6) is 0 Å². The first-order valence-electron chi connectivity index (χ1n) is 8.68. The monoisotopic (exact) mass is 375 g/mol. The maximum absolute atomic E-state index is 11.9. The highest BCUT2D eigenvalue weighted by Crippen LogP contribution is 2.38. The third kappa shape index (κ3) is 7.09. The van der Waals surface area contributed by atoms with Crippen molar-refractivity contribution < 1.29 is 24.2 Å². The molecule has 0 rings (SSSR count). The number of aliphatic hydroxyl groups is 1. The molecular weight excluding hydrogens is 338 g/mol. The zero-order chi connectivity index (χ0) is 20.1. The summed E-state index contributed by atoms with van der Waals surface area (Å²) in [6.07, 6.45) is -0.0972. The van der Waals surface area contributed by atoms with Crippen LogP contribution >= 0.6 is 0 Å². The predicted molar refractivity (Wildman–Crippen MR) is 104 cm³/mol. The lowest BCUT2D eigenvalue weighted by atomic mass is 10.0. The van der Waals surface area contributed by atoms with Gasteiger partial charge in [-0.2, -0.15) is 0 Å². The summed E-state index contributed by atoms with van der Waals surface area (Å²) in [6, 6.07) is -0.614. The first kappa shape index (κ1) is 24.1. The molecule has 25 heavy (non-hydrogen) atoms. The summed E-state index contributed by atoms with van der Waals surface area (Å²) in [6.45, 7) is 19.7. The molecule has 0 bridgehead atoms. The van der Waals surface area contributed by atoms with Gasteiger partial charge in [0.25, 0.3) is 0 Å². The summed E-state index contributed by atoms with van der Waals surface area (Å²) in [7, 11) is -2.19. The molecule has 0 heterocycles. The number of hydrogen-bond donors (Lipinski definition) is 2. The molecule has 7 heteroatoms. The molecule has 148 valence electrons. The summed E-state index contributed by atoms with van der Waals surface area (Å²) in [5, 5.41) is 19.7. The molecule has 0 radical (unpaired) electrons. The van der Waals surface area contributed by atoms with E-state index in [9.17, 15) is 15.0 Å². The van der Waals surface area contributed by atoms with E-state index in [0.29, 0.717) is 6.61 Å². The maximum Gasteiger partial charge on any atom is 0.408 e. The van der Waals surface area contributed by atoms with Gasteiger partial charge in [0, 0.05) is 5.54 Å². The molecule has 0 aromatic carbocycles. The molecule has 0 saturated carbocycles. The Morgan fingerprint density at radius 1 is 1.24 bits per heavy atom. The molecule has 0 aromatic rings. The van der Waals surface area contributed by atoms with Crippen molar-refractivity contribution in [2.75, 3.05) is 19.8 Å². The lowest BCUT2D eigenvalue weighted by molar-refractivity contribution is -0.0416. The molecule has 0 aliphatic heterocycles. The van der Waals surface area contributed by atoms with Crippen LogP contribution in [0.4, 0.5) is 4.79 Å². The largest absolute Gasteiger partial charge is 0.465 e. The molecule has 0 aliphatic rings. The Bertz CT molecular complexity index is 440. The van der Waals surface area contributed by atoms with Crippen LogP contribution in [0.15, 0.2) is 12.7 Å². The minimum absolute atomic E-state index is 0.0528. The molecular formula is C18H37NO5Si. The third-order valence-corrected chi connectivity index (χ3v) is 9.15.